The normalized spacial score (nSPS) is 22.5. The lowest BCUT2D eigenvalue weighted by Crippen LogP contribution is -2.58. The highest BCUT2D eigenvalue weighted by atomic mass is 19.3. The van der Waals surface area contributed by atoms with Gasteiger partial charge in [0.05, 0.1) is 23.7 Å². The fourth-order valence-corrected chi connectivity index (χ4v) is 6.75. The molecule has 240 valence electrons. The van der Waals surface area contributed by atoms with E-state index < -0.39 is 30.0 Å². The van der Waals surface area contributed by atoms with Crippen LogP contribution in [0, 0.1) is 12.7 Å². The van der Waals surface area contributed by atoms with E-state index in [0.717, 1.165) is 0 Å². The number of likely N-dealkylation sites (tertiary alicyclic amines) is 1. The topological polar surface area (TPSA) is 91.1 Å². The maximum absolute atomic E-state index is 15.2. The van der Waals surface area contributed by atoms with Gasteiger partial charge in [-0.3, -0.25) is 14.3 Å². The van der Waals surface area contributed by atoms with Gasteiger partial charge in [-0.15, -0.1) is 13.2 Å². The molecule has 45 heavy (non-hydrogen) atoms. The Morgan fingerprint density at radius 1 is 1.20 bits per heavy atom. The summed E-state index contributed by atoms with van der Waals surface area (Å²) in [5, 5.41) is 11.3. The summed E-state index contributed by atoms with van der Waals surface area (Å²) in [4.78, 5) is 36.2. The van der Waals surface area contributed by atoms with Crippen LogP contribution in [0.2, 0.25) is 0 Å². The third-order valence-electron chi connectivity index (χ3n) is 8.80. The Kier molecular flexibility index (Phi) is 8.72. The summed E-state index contributed by atoms with van der Waals surface area (Å²) >= 11 is 0. The summed E-state index contributed by atoms with van der Waals surface area (Å²) in [7, 11) is 0. The first-order valence-corrected chi connectivity index (χ1v) is 14.9. The number of benzene rings is 2. The summed E-state index contributed by atoms with van der Waals surface area (Å²) in [6.07, 6.45) is 1.02. The SMILES string of the molecule is C=C.C=CC(=O)N1C[C@H](C)N(c2nc(=O)n3c4c(c(-c5c(O)cccc5F)c(C)cc24)OC[C@H]3CN2CCC(F)(F)C2)C[C@H]1C. The van der Waals surface area contributed by atoms with Crippen LogP contribution in [0.1, 0.15) is 31.9 Å². The highest BCUT2D eigenvalue weighted by Gasteiger charge is 2.41. The molecule has 1 amide bonds. The second-order valence-corrected chi connectivity index (χ2v) is 11.9. The van der Waals surface area contributed by atoms with Crippen LogP contribution in [-0.4, -0.2) is 87.7 Å². The molecule has 0 unspecified atom stereocenters. The van der Waals surface area contributed by atoms with Crippen LogP contribution in [0.25, 0.3) is 22.0 Å². The minimum absolute atomic E-state index is 0.0213. The summed E-state index contributed by atoms with van der Waals surface area (Å²) in [6.45, 7) is 15.9. The number of anilines is 1. The molecular formula is C33H38F3N5O4. The van der Waals surface area contributed by atoms with Gasteiger partial charge in [0.2, 0.25) is 5.91 Å². The number of nitrogens with zero attached hydrogens (tertiary/aromatic N) is 5. The first-order valence-electron chi connectivity index (χ1n) is 14.9. The second-order valence-electron chi connectivity index (χ2n) is 11.9. The van der Waals surface area contributed by atoms with Gasteiger partial charge in [0, 0.05) is 55.6 Å². The standard InChI is InChI=1S/C31H34F3N5O4.C2H4/c1-5-24(41)37-12-19(4)38(13-18(37)3)29-21-11-17(2)25(26-22(32)7-6-8-23(26)40)28-27(21)39(30(42)35-29)20(15-43-28)14-36-10-9-31(33,34)16-36;1-2/h5-8,11,18-20,40H,1,9-10,12-16H2,2-4H3;1-2H2/t18-,19+,20-;/m1./s1. The molecular weight excluding hydrogens is 587 g/mol. The molecule has 3 aliphatic rings. The van der Waals surface area contributed by atoms with Crippen molar-refractivity contribution < 1.29 is 27.8 Å². The van der Waals surface area contributed by atoms with Crippen LogP contribution in [0.15, 0.2) is 54.9 Å². The number of alkyl halides is 2. The van der Waals surface area contributed by atoms with E-state index in [1.165, 1.54) is 28.8 Å². The van der Waals surface area contributed by atoms with E-state index >= 15 is 4.39 Å². The molecule has 0 aliphatic carbocycles. The molecule has 4 heterocycles. The summed E-state index contributed by atoms with van der Waals surface area (Å²) in [5.41, 5.74) is 0.632. The van der Waals surface area contributed by atoms with Crippen molar-refractivity contribution in [2.24, 2.45) is 0 Å². The van der Waals surface area contributed by atoms with Gasteiger partial charge in [-0.25, -0.2) is 18.0 Å². The summed E-state index contributed by atoms with van der Waals surface area (Å²) < 4.78 is 51.1. The Balaban J connectivity index is 0.00000196. The molecule has 0 radical (unpaired) electrons. The zero-order valence-electron chi connectivity index (χ0n) is 25.7. The second kappa shape index (κ2) is 12.2. The number of carbonyl (C=O) groups excluding carboxylic acids is 1. The van der Waals surface area contributed by atoms with Gasteiger partial charge in [0.15, 0.2) is 5.75 Å². The quantitative estimate of drug-likeness (QED) is 0.319. The zero-order chi connectivity index (χ0) is 32.8. The van der Waals surface area contributed by atoms with Crippen LogP contribution in [0.4, 0.5) is 19.0 Å². The molecule has 0 saturated carbocycles. The van der Waals surface area contributed by atoms with E-state index in [9.17, 15) is 23.5 Å². The molecule has 1 aromatic heterocycles. The fourth-order valence-electron chi connectivity index (χ4n) is 6.75. The van der Waals surface area contributed by atoms with Gasteiger partial charge in [0.25, 0.3) is 5.92 Å². The minimum atomic E-state index is -2.80. The highest BCUT2D eigenvalue weighted by molar-refractivity contribution is 6.01. The minimum Gasteiger partial charge on any atom is -0.507 e. The van der Waals surface area contributed by atoms with E-state index in [1.807, 2.05) is 18.7 Å². The summed E-state index contributed by atoms with van der Waals surface area (Å²) in [6, 6.07) is 4.78. The fraction of sp³-hybridized carbons (Fsp3) is 0.424. The number of ether oxygens (including phenoxy) is 1. The Morgan fingerprint density at radius 3 is 2.58 bits per heavy atom. The van der Waals surface area contributed by atoms with E-state index in [2.05, 4.69) is 24.7 Å². The molecule has 6 rings (SSSR count). The molecule has 2 aromatic carbocycles. The number of halogens is 3. The van der Waals surface area contributed by atoms with Gasteiger partial charge < -0.3 is 19.6 Å². The van der Waals surface area contributed by atoms with Crippen molar-refractivity contribution in [3.63, 3.8) is 0 Å². The molecule has 3 atom stereocenters. The number of hydrogen-bond acceptors (Lipinski definition) is 7. The largest absolute Gasteiger partial charge is 0.507 e. The molecule has 3 aromatic rings. The molecule has 0 spiro atoms. The van der Waals surface area contributed by atoms with Crippen molar-refractivity contribution in [2.45, 2.75) is 51.2 Å². The van der Waals surface area contributed by atoms with Crippen molar-refractivity contribution in [3.05, 3.63) is 71.9 Å². The Hall–Kier alpha value is -4.32. The Bertz CT molecular complexity index is 1690. The van der Waals surface area contributed by atoms with Crippen LogP contribution < -0.4 is 15.3 Å². The highest BCUT2D eigenvalue weighted by Crippen LogP contribution is 2.47. The van der Waals surface area contributed by atoms with Crippen molar-refractivity contribution in [2.75, 3.05) is 44.2 Å². The van der Waals surface area contributed by atoms with Crippen LogP contribution >= 0.6 is 0 Å². The van der Waals surface area contributed by atoms with Crippen molar-refractivity contribution in [3.8, 4) is 22.6 Å². The van der Waals surface area contributed by atoms with E-state index in [-0.39, 0.29) is 61.2 Å². The van der Waals surface area contributed by atoms with E-state index in [1.54, 1.807) is 22.8 Å². The zero-order valence-corrected chi connectivity index (χ0v) is 25.7. The monoisotopic (exact) mass is 625 g/mol. The number of amides is 1. The lowest BCUT2D eigenvalue weighted by Gasteiger charge is -2.45. The van der Waals surface area contributed by atoms with Crippen LogP contribution in [-0.2, 0) is 4.79 Å². The third-order valence-corrected chi connectivity index (χ3v) is 8.80. The predicted molar refractivity (Wildman–Crippen MR) is 168 cm³/mol. The Morgan fingerprint density at radius 2 is 1.93 bits per heavy atom. The molecule has 0 bridgehead atoms. The number of piperazine rings is 1. The van der Waals surface area contributed by atoms with Crippen molar-refractivity contribution in [1.82, 2.24) is 19.4 Å². The Labute approximate surface area is 259 Å². The molecule has 1 N–H and O–H groups in total. The predicted octanol–water partition coefficient (Wildman–Crippen LogP) is 4.90. The number of hydrogen-bond donors (Lipinski definition) is 1. The molecule has 3 aliphatic heterocycles. The number of phenols is 1. The molecule has 9 nitrogen and oxygen atoms in total. The van der Waals surface area contributed by atoms with Crippen LogP contribution in [0.5, 0.6) is 11.5 Å². The lowest BCUT2D eigenvalue weighted by molar-refractivity contribution is -0.128. The maximum Gasteiger partial charge on any atom is 0.350 e. The van der Waals surface area contributed by atoms with Gasteiger partial charge >= 0.3 is 5.69 Å². The van der Waals surface area contributed by atoms with E-state index in [0.29, 0.717) is 40.9 Å². The summed E-state index contributed by atoms with van der Waals surface area (Å²) in [5.74, 6) is -3.30. The van der Waals surface area contributed by atoms with Gasteiger partial charge in [-0.1, -0.05) is 12.6 Å². The smallest absolute Gasteiger partial charge is 0.350 e. The number of aromatic nitrogens is 2. The molecule has 2 saturated heterocycles. The number of aryl methyl sites for hydroxylation is 1. The average Bonchev–Trinajstić information content (AvgIpc) is 3.35. The number of aromatic hydroxyl groups is 1. The first-order chi connectivity index (χ1) is 21.4. The van der Waals surface area contributed by atoms with Gasteiger partial charge in [-0.2, -0.15) is 4.98 Å². The third kappa shape index (κ3) is 5.67. The van der Waals surface area contributed by atoms with Gasteiger partial charge in [-0.05, 0) is 50.6 Å². The number of carbonyl (C=O) groups is 1. The van der Waals surface area contributed by atoms with Crippen molar-refractivity contribution in [1.29, 1.82) is 0 Å². The number of phenolic OH excluding ortho intramolecular Hbond substituents is 1. The first kappa shape index (κ1) is 32.1. The van der Waals surface area contributed by atoms with Crippen LogP contribution in [0.3, 0.4) is 0 Å². The molecule has 12 heteroatoms. The average molecular weight is 626 g/mol. The van der Waals surface area contributed by atoms with E-state index in [4.69, 9.17) is 4.74 Å². The number of rotatable bonds is 5. The van der Waals surface area contributed by atoms with Gasteiger partial charge in [0.1, 0.15) is 24.0 Å². The molecule has 2 fully saturated rings. The maximum atomic E-state index is 15.2. The van der Waals surface area contributed by atoms with Crippen molar-refractivity contribution >= 4 is 22.6 Å². The lowest BCUT2D eigenvalue weighted by atomic mass is 9.94.